The fourth-order valence-corrected chi connectivity index (χ4v) is 2.72. The van der Waals surface area contributed by atoms with E-state index in [9.17, 15) is 4.79 Å². The Morgan fingerprint density at radius 1 is 1.18 bits per heavy atom. The molecule has 0 saturated carbocycles. The number of carbonyl (C=O) groups excluding carboxylic acids is 1. The van der Waals surface area contributed by atoms with Crippen molar-refractivity contribution in [2.75, 3.05) is 26.2 Å². The average molecular weight is 304 g/mol. The molecule has 0 spiro atoms. The molecule has 1 aromatic carbocycles. The highest BCUT2D eigenvalue weighted by Gasteiger charge is 2.19. The lowest BCUT2D eigenvalue weighted by molar-refractivity contribution is -0.132. The van der Waals surface area contributed by atoms with Crippen LogP contribution in [0.15, 0.2) is 24.3 Å². The number of amides is 1. The van der Waals surface area contributed by atoms with Gasteiger partial charge in [0, 0.05) is 39.1 Å². The number of ether oxygens (including phenoxy) is 1. The molecular formula is C18H28N2O2. The average Bonchev–Trinajstić information content (AvgIpc) is 2.53. The molecule has 1 aliphatic rings. The normalized spacial score (nSPS) is 16.3. The Kier molecular flexibility index (Phi) is 6.40. The summed E-state index contributed by atoms with van der Waals surface area (Å²) in [6.45, 7) is 11.3. The molecule has 1 aromatic rings. The van der Waals surface area contributed by atoms with Crippen molar-refractivity contribution < 1.29 is 9.53 Å². The first-order chi connectivity index (χ1) is 10.6. The summed E-state index contributed by atoms with van der Waals surface area (Å²) in [5.41, 5.74) is 2.55. The van der Waals surface area contributed by atoms with Crippen molar-refractivity contribution in [2.45, 2.75) is 46.4 Å². The first kappa shape index (κ1) is 17.0. The van der Waals surface area contributed by atoms with Gasteiger partial charge in [0.25, 0.3) is 0 Å². The van der Waals surface area contributed by atoms with Crippen molar-refractivity contribution in [3.05, 3.63) is 35.4 Å². The summed E-state index contributed by atoms with van der Waals surface area (Å²) in [6.07, 6.45) is 0.866. The summed E-state index contributed by atoms with van der Waals surface area (Å²) >= 11 is 0. The Bertz CT molecular complexity index is 480. The van der Waals surface area contributed by atoms with Crippen LogP contribution in [0, 0.1) is 0 Å². The molecule has 1 amide bonds. The van der Waals surface area contributed by atoms with Gasteiger partial charge in [-0.05, 0) is 25.0 Å². The van der Waals surface area contributed by atoms with Gasteiger partial charge in [0.1, 0.15) is 0 Å². The lowest BCUT2D eigenvalue weighted by Gasteiger charge is -2.34. The molecule has 1 aliphatic heterocycles. The van der Waals surface area contributed by atoms with Gasteiger partial charge in [0.15, 0.2) is 0 Å². The zero-order valence-corrected chi connectivity index (χ0v) is 14.0. The fourth-order valence-electron chi connectivity index (χ4n) is 2.72. The maximum absolute atomic E-state index is 11.7. The molecule has 4 heteroatoms. The lowest BCUT2D eigenvalue weighted by Crippen LogP contribution is -2.48. The summed E-state index contributed by atoms with van der Waals surface area (Å²) in [6, 6.07) is 8.61. The minimum absolute atomic E-state index is 0.257. The third kappa shape index (κ3) is 5.11. The second-order valence-corrected chi connectivity index (χ2v) is 6.19. The zero-order valence-electron chi connectivity index (χ0n) is 14.0. The smallest absolute Gasteiger partial charge is 0.222 e. The van der Waals surface area contributed by atoms with Gasteiger partial charge >= 0.3 is 0 Å². The van der Waals surface area contributed by atoms with Crippen LogP contribution in [0.1, 0.15) is 38.3 Å². The van der Waals surface area contributed by atoms with Gasteiger partial charge in [0.2, 0.25) is 5.91 Å². The Morgan fingerprint density at radius 3 is 2.50 bits per heavy atom. The molecule has 0 N–H and O–H groups in total. The van der Waals surface area contributed by atoms with Gasteiger partial charge in [0.05, 0.1) is 12.7 Å². The maximum Gasteiger partial charge on any atom is 0.222 e. The van der Waals surface area contributed by atoms with Crippen LogP contribution in [0.3, 0.4) is 0 Å². The van der Waals surface area contributed by atoms with Crippen LogP contribution < -0.4 is 0 Å². The summed E-state index contributed by atoms with van der Waals surface area (Å²) in [5, 5.41) is 0. The van der Waals surface area contributed by atoms with E-state index in [4.69, 9.17) is 4.74 Å². The molecule has 0 radical (unpaired) electrons. The van der Waals surface area contributed by atoms with Crippen LogP contribution in [0.25, 0.3) is 0 Å². The molecule has 0 bridgehead atoms. The van der Waals surface area contributed by atoms with Crippen molar-refractivity contribution in [3.8, 4) is 0 Å². The first-order valence-corrected chi connectivity index (χ1v) is 8.28. The quantitative estimate of drug-likeness (QED) is 0.810. The monoisotopic (exact) mass is 304 g/mol. The molecule has 1 fully saturated rings. The Hall–Kier alpha value is -1.39. The second-order valence-electron chi connectivity index (χ2n) is 6.19. The minimum atomic E-state index is 0.257. The van der Waals surface area contributed by atoms with E-state index in [1.165, 1.54) is 11.1 Å². The van der Waals surface area contributed by atoms with Crippen LogP contribution in [0.5, 0.6) is 0 Å². The van der Waals surface area contributed by atoms with Gasteiger partial charge in [-0.1, -0.05) is 31.2 Å². The number of hydrogen-bond acceptors (Lipinski definition) is 3. The third-order valence-electron chi connectivity index (χ3n) is 4.01. The lowest BCUT2D eigenvalue weighted by atomic mass is 10.1. The number of benzene rings is 1. The molecule has 4 nitrogen and oxygen atoms in total. The Morgan fingerprint density at radius 2 is 1.86 bits per heavy atom. The number of nitrogens with zero attached hydrogens (tertiary/aromatic N) is 2. The van der Waals surface area contributed by atoms with Gasteiger partial charge < -0.3 is 9.64 Å². The number of rotatable bonds is 6. The van der Waals surface area contributed by atoms with Gasteiger partial charge in [-0.25, -0.2) is 0 Å². The van der Waals surface area contributed by atoms with Crippen LogP contribution >= 0.6 is 0 Å². The molecule has 122 valence electrons. The van der Waals surface area contributed by atoms with Crippen LogP contribution in [0.4, 0.5) is 0 Å². The Labute approximate surface area is 134 Å². The molecule has 0 atom stereocenters. The topological polar surface area (TPSA) is 32.8 Å². The molecular weight excluding hydrogens is 276 g/mol. The highest BCUT2D eigenvalue weighted by atomic mass is 16.5. The summed E-state index contributed by atoms with van der Waals surface area (Å²) in [7, 11) is 0. The van der Waals surface area contributed by atoms with Crippen LogP contribution in [-0.4, -0.2) is 48.0 Å². The van der Waals surface area contributed by atoms with Gasteiger partial charge in [-0.2, -0.15) is 0 Å². The van der Waals surface area contributed by atoms with E-state index in [1.807, 2.05) is 11.8 Å². The predicted molar refractivity (Wildman–Crippen MR) is 88.5 cm³/mol. The van der Waals surface area contributed by atoms with E-state index >= 15 is 0 Å². The van der Waals surface area contributed by atoms with Crippen LogP contribution in [0.2, 0.25) is 0 Å². The van der Waals surface area contributed by atoms with E-state index in [-0.39, 0.29) is 12.0 Å². The molecule has 0 aliphatic carbocycles. The molecule has 22 heavy (non-hydrogen) atoms. The fraction of sp³-hybridized carbons (Fsp3) is 0.611. The first-order valence-electron chi connectivity index (χ1n) is 8.28. The van der Waals surface area contributed by atoms with Crippen molar-refractivity contribution >= 4 is 5.91 Å². The maximum atomic E-state index is 11.7. The van der Waals surface area contributed by atoms with E-state index < -0.39 is 0 Å². The molecule has 1 saturated heterocycles. The van der Waals surface area contributed by atoms with Crippen molar-refractivity contribution in [1.29, 1.82) is 0 Å². The zero-order chi connectivity index (χ0) is 15.9. The van der Waals surface area contributed by atoms with E-state index in [1.54, 1.807) is 0 Å². The van der Waals surface area contributed by atoms with Crippen LogP contribution in [-0.2, 0) is 22.7 Å². The highest BCUT2D eigenvalue weighted by Crippen LogP contribution is 2.12. The summed E-state index contributed by atoms with van der Waals surface area (Å²) < 4.78 is 5.67. The molecule has 0 aromatic heterocycles. The SMILES string of the molecule is CCC(=O)N1CCN(Cc2cccc(COC(C)C)c2)CC1. The van der Waals surface area contributed by atoms with E-state index in [2.05, 4.69) is 43.0 Å². The molecule has 1 heterocycles. The van der Waals surface area contributed by atoms with Gasteiger partial charge in [-0.15, -0.1) is 0 Å². The number of piperazine rings is 1. The second kappa shape index (κ2) is 8.30. The van der Waals surface area contributed by atoms with Crippen molar-refractivity contribution in [3.63, 3.8) is 0 Å². The third-order valence-corrected chi connectivity index (χ3v) is 4.01. The molecule has 0 unspecified atom stereocenters. The van der Waals surface area contributed by atoms with Gasteiger partial charge in [-0.3, -0.25) is 9.69 Å². The number of hydrogen-bond donors (Lipinski definition) is 0. The highest BCUT2D eigenvalue weighted by molar-refractivity contribution is 5.75. The van der Waals surface area contributed by atoms with Crippen molar-refractivity contribution in [1.82, 2.24) is 9.80 Å². The van der Waals surface area contributed by atoms with Crippen molar-refractivity contribution in [2.24, 2.45) is 0 Å². The van der Waals surface area contributed by atoms with E-state index in [0.29, 0.717) is 13.0 Å². The minimum Gasteiger partial charge on any atom is -0.374 e. The summed E-state index contributed by atoms with van der Waals surface area (Å²) in [5.74, 6) is 0.271. The molecule has 2 rings (SSSR count). The Balaban J connectivity index is 1.84. The summed E-state index contributed by atoms with van der Waals surface area (Å²) in [4.78, 5) is 16.1. The predicted octanol–water partition coefficient (Wildman–Crippen LogP) is 2.67. The largest absolute Gasteiger partial charge is 0.374 e. The number of carbonyl (C=O) groups is 1. The standard InChI is InChI=1S/C18H28N2O2/c1-4-18(21)20-10-8-19(9-11-20)13-16-6-5-7-17(12-16)14-22-15(2)3/h5-7,12,15H,4,8-11,13-14H2,1-3H3. The van der Waals surface area contributed by atoms with E-state index in [0.717, 1.165) is 32.7 Å².